The molecule has 2 heterocycles. The number of aromatic amines is 1. The van der Waals surface area contributed by atoms with Gasteiger partial charge < -0.3 is 15.0 Å². The molecule has 2 aromatic rings. The van der Waals surface area contributed by atoms with Crippen molar-refractivity contribution in [3.8, 4) is 0 Å². The zero-order valence-corrected chi connectivity index (χ0v) is 11.9. The number of nitrogens with zero attached hydrogens (tertiary/aromatic N) is 2. The third kappa shape index (κ3) is 3.79. The van der Waals surface area contributed by atoms with Crippen LogP contribution in [-0.2, 0) is 16.0 Å². The van der Waals surface area contributed by atoms with Gasteiger partial charge in [0.1, 0.15) is 6.04 Å². The maximum absolute atomic E-state index is 12.2. The standard InChI is InChI=1S/C13H13ClN4O3/c1-21-13(20)11(4-8-5-16-7-17-8)18-12(19)9-6-15-3-2-10(9)14/h2-3,5-7,11H,4H2,1H3,(H,16,17)(H,18,19)/t11-/m0/s1. The molecule has 2 rings (SSSR count). The quantitative estimate of drug-likeness (QED) is 0.802. The molecule has 2 N–H and O–H groups in total. The van der Waals surface area contributed by atoms with Crippen molar-refractivity contribution in [2.45, 2.75) is 12.5 Å². The van der Waals surface area contributed by atoms with Crippen molar-refractivity contribution in [2.75, 3.05) is 7.11 Å². The molecule has 0 aromatic carbocycles. The van der Waals surface area contributed by atoms with E-state index in [1.54, 1.807) is 6.20 Å². The van der Waals surface area contributed by atoms with Gasteiger partial charge in [-0.05, 0) is 6.07 Å². The molecular formula is C13H13ClN4O3. The SMILES string of the molecule is COC(=O)[C@H](Cc1cnc[nH]1)NC(=O)c1cnccc1Cl. The Balaban J connectivity index is 2.13. The Morgan fingerprint density at radius 1 is 1.43 bits per heavy atom. The summed E-state index contributed by atoms with van der Waals surface area (Å²) in [6, 6.07) is 0.651. The highest BCUT2D eigenvalue weighted by Gasteiger charge is 2.24. The van der Waals surface area contributed by atoms with Crippen LogP contribution < -0.4 is 5.32 Å². The zero-order chi connectivity index (χ0) is 15.2. The number of nitrogens with one attached hydrogen (secondary N) is 2. The van der Waals surface area contributed by atoms with E-state index in [1.165, 1.54) is 31.9 Å². The number of carbonyl (C=O) groups is 2. The van der Waals surface area contributed by atoms with Gasteiger partial charge in [0.15, 0.2) is 0 Å². The third-order valence-electron chi connectivity index (χ3n) is 2.78. The van der Waals surface area contributed by atoms with Crippen LogP contribution in [0.5, 0.6) is 0 Å². The molecule has 8 heteroatoms. The Bertz CT molecular complexity index is 630. The van der Waals surface area contributed by atoms with Crippen molar-refractivity contribution in [3.05, 3.63) is 47.3 Å². The Kier molecular flexibility index (Phi) is 4.89. The third-order valence-corrected chi connectivity index (χ3v) is 3.11. The fourth-order valence-corrected chi connectivity index (χ4v) is 1.92. The minimum Gasteiger partial charge on any atom is -0.467 e. The predicted octanol–water partition coefficient (Wildman–Crippen LogP) is 0.972. The summed E-state index contributed by atoms with van der Waals surface area (Å²) < 4.78 is 4.69. The normalized spacial score (nSPS) is 11.7. The summed E-state index contributed by atoms with van der Waals surface area (Å²) in [7, 11) is 1.26. The summed E-state index contributed by atoms with van der Waals surface area (Å²) in [5.41, 5.74) is 0.890. The highest BCUT2D eigenvalue weighted by Crippen LogP contribution is 2.13. The molecule has 21 heavy (non-hydrogen) atoms. The number of halogens is 1. The van der Waals surface area contributed by atoms with Crippen LogP contribution >= 0.6 is 11.6 Å². The average Bonchev–Trinajstić information content (AvgIpc) is 2.99. The first-order valence-electron chi connectivity index (χ1n) is 6.07. The topological polar surface area (TPSA) is 97.0 Å². The largest absolute Gasteiger partial charge is 0.467 e. The Labute approximate surface area is 125 Å². The highest BCUT2D eigenvalue weighted by atomic mass is 35.5. The van der Waals surface area contributed by atoms with Gasteiger partial charge in [0.25, 0.3) is 5.91 Å². The number of hydrogen-bond donors (Lipinski definition) is 2. The molecule has 1 atom stereocenters. The van der Waals surface area contributed by atoms with Crippen LogP contribution in [0.1, 0.15) is 16.1 Å². The van der Waals surface area contributed by atoms with Gasteiger partial charge in [-0.2, -0.15) is 0 Å². The summed E-state index contributed by atoms with van der Waals surface area (Å²) in [5, 5.41) is 2.83. The second kappa shape index (κ2) is 6.85. The number of pyridine rings is 1. The first-order chi connectivity index (χ1) is 10.1. The zero-order valence-electron chi connectivity index (χ0n) is 11.2. The summed E-state index contributed by atoms with van der Waals surface area (Å²) in [6.45, 7) is 0. The van der Waals surface area contributed by atoms with Crippen molar-refractivity contribution >= 4 is 23.5 Å². The number of H-pyrrole nitrogens is 1. The monoisotopic (exact) mass is 308 g/mol. The van der Waals surface area contributed by atoms with Crippen molar-refractivity contribution in [1.82, 2.24) is 20.3 Å². The number of carbonyl (C=O) groups excluding carboxylic acids is 2. The summed E-state index contributed by atoms with van der Waals surface area (Å²) >= 11 is 5.93. The highest BCUT2D eigenvalue weighted by molar-refractivity contribution is 6.33. The smallest absolute Gasteiger partial charge is 0.328 e. The molecule has 0 unspecified atom stereocenters. The fraction of sp³-hybridized carbons (Fsp3) is 0.231. The number of amides is 1. The summed E-state index contributed by atoms with van der Waals surface area (Å²) in [6.07, 6.45) is 6.10. The molecule has 0 radical (unpaired) electrons. The van der Waals surface area contributed by atoms with Crippen molar-refractivity contribution in [3.63, 3.8) is 0 Å². The van der Waals surface area contributed by atoms with Gasteiger partial charge in [0, 0.05) is 30.7 Å². The Morgan fingerprint density at radius 3 is 2.86 bits per heavy atom. The second-order valence-electron chi connectivity index (χ2n) is 4.19. The predicted molar refractivity (Wildman–Crippen MR) is 74.8 cm³/mol. The molecule has 0 saturated heterocycles. The Morgan fingerprint density at radius 2 is 2.24 bits per heavy atom. The molecule has 2 aromatic heterocycles. The van der Waals surface area contributed by atoms with Crippen LogP contribution in [0, 0.1) is 0 Å². The van der Waals surface area contributed by atoms with E-state index in [0.717, 1.165) is 0 Å². The van der Waals surface area contributed by atoms with Crippen LogP contribution in [0.15, 0.2) is 31.0 Å². The van der Waals surface area contributed by atoms with Crippen LogP contribution in [0.4, 0.5) is 0 Å². The van der Waals surface area contributed by atoms with E-state index in [2.05, 4.69) is 20.3 Å². The van der Waals surface area contributed by atoms with Crippen LogP contribution in [0.25, 0.3) is 0 Å². The van der Waals surface area contributed by atoms with Crippen LogP contribution in [0.2, 0.25) is 5.02 Å². The molecule has 7 nitrogen and oxygen atoms in total. The lowest BCUT2D eigenvalue weighted by molar-refractivity contribution is -0.142. The van der Waals surface area contributed by atoms with E-state index < -0.39 is 17.9 Å². The van der Waals surface area contributed by atoms with E-state index in [0.29, 0.717) is 5.69 Å². The van der Waals surface area contributed by atoms with Gasteiger partial charge in [0.05, 0.1) is 24.0 Å². The molecule has 0 fully saturated rings. The van der Waals surface area contributed by atoms with E-state index >= 15 is 0 Å². The lowest BCUT2D eigenvalue weighted by atomic mass is 10.1. The number of esters is 1. The van der Waals surface area contributed by atoms with Crippen molar-refractivity contribution < 1.29 is 14.3 Å². The molecule has 1 amide bonds. The first-order valence-corrected chi connectivity index (χ1v) is 6.45. The Hall–Kier alpha value is -2.41. The first kappa shape index (κ1) is 15.0. The molecule has 0 aliphatic heterocycles. The van der Waals surface area contributed by atoms with E-state index in [9.17, 15) is 9.59 Å². The van der Waals surface area contributed by atoms with Gasteiger partial charge in [0.2, 0.25) is 0 Å². The molecular weight excluding hydrogens is 296 g/mol. The average molecular weight is 309 g/mol. The molecule has 110 valence electrons. The fourth-order valence-electron chi connectivity index (χ4n) is 1.73. The number of methoxy groups -OCH3 is 1. The molecule has 0 aliphatic carbocycles. The number of rotatable bonds is 5. The van der Waals surface area contributed by atoms with Gasteiger partial charge in [-0.1, -0.05) is 11.6 Å². The molecule has 0 aliphatic rings. The number of imidazole rings is 1. The van der Waals surface area contributed by atoms with Crippen molar-refractivity contribution in [1.29, 1.82) is 0 Å². The maximum Gasteiger partial charge on any atom is 0.328 e. The summed E-state index contributed by atoms with van der Waals surface area (Å²) in [5.74, 6) is -1.05. The van der Waals surface area contributed by atoms with Gasteiger partial charge in [-0.15, -0.1) is 0 Å². The minimum atomic E-state index is -0.848. The van der Waals surface area contributed by atoms with E-state index in [4.69, 9.17) is 16.3 Å². The van der Waals surface area contributed by atoms with Gasteiger partial charge in [-0.3, -0.25) is 9.78 Å². The molecule has 0 saturated carbocycles. The van der Waals surface area contributed by atoms with Gasteiger partial charge in [-0.25, -0.2) is 9.78 Å². The van der Waals surface area contributed by atoms with Crippen molar-refractivity contribution in [2.24, 2.45) is 0 Å². The van der Waals surface area contributed by atoms with Crippen LogP contribution in [-0.4, -0.2) is 40.0 Å². The lowest BCUT2D eigenvalue weighted by Gasteiger charge is -2.16. The van der Waals surface area contributed by atoms with Gasteiger partial charge >= 0.3 is 5.97 Å². The van der Waals surface area contributed by atoms with Crippen LogP contribution in [0.3, 0.4) is 0 Å². The summed E-state index contributed by atoms with van der Waals surface area (Å²) in [4.78, 5) is 34.5. The molecule has 0 spiro atoms. The number of aromatic nitrogens is 3. The van der Waals surface area contributed by atoms with E-state index in [1.807, 2.05) is 0 Å². The maximum atomic E-state index is 12.2. The molecule has 0 bridgehead atoms. The van der Waals surface area contributed by atoms with E-state index in [-0.39, 0.29) is 17.0 Å². The number of ether oxygens (including phenoxy) is 1. The number of hydrogen-bond acceptors (Lipinski definition) is 5. The second-order valence-corrected chi connectivity index (χ2v) is 4.59. The minimum absolute atomic E-state index is 0.192. The lowest BCUT2D eigenvalue weighted by Crippen LogP contribution is -2.43.